The molecule has 1 heterocycles. The van der Waals surface area contributed by atoms with Crippen LogP contribution < -0.4 is 4.90 Å². The van der Waals surface area contributed by atoms with Crippen LogP contribution in [0.15, 0.2) is 113 Å². The first-order chi connectivity index (χ1) is 27.7. The summed E-state index contributed by atoms with van der Waals surface area (Å²) in [4.78, 5) is 5.57. The highest BCUT2D eigenvalue weighted by Crippen LogP contribution is 2.70. The second kappa shape index (κ2) is 12.6. The smallest absolute Gasteiger partial charge is 0.0464 e. The highest BCUT2D eigenvalue weighted by Gasteiger charge is 2.61. The van der Waals surface area contributed by atoms with Gasteiger partial charge in [0, 0.05) is 32.3 Å². The number of rotatable bonds is 4. The van der Waals surface area contributed by atoms with E-state index in [4.69, 9.17) is 0 Å². The molecule has 5 aromatic rings. The molecule has 0 unspecified atom stereocenters. The minimum Gasteiger partial charge on any atom is -0.310 e. The lowest BCUT2D eigenvalue weighted by atomic mass is 9.41. The predicted molar refractivity (Wildman–Crippen MR) is 246 cm³/mol. The molecule has 1 spiro atoms. The molecular weight excluding hydrogens is 719 g/mol. The van der Waals surface area contributed by atoms with Crippen molar-refractivity contribution in [3.8, 4) is 11.1 Å². The molecule has 0 radical (unpaired) electrons. The summed E-state index contributed by atoms with van der Waals surface area (Å²) in [6, 6.07) is 41.5. The van der Waals surface area contributed by atoms with Crippen molar-refractivity contribution >= 4 is 28.8 Å². The average molecular weight is 782 g/mol. The number of hydrogen-bond acceptors (Lipinski definition) is 2. The van der Waals surface area contributed by atoms with Gasteiger partial charge in [0.15, 0.2) is 0 Å². The van der Waals surface area contributed by atoms with E-state index >= 15 is 0 Å². The summed E-state index contributed by atoms with van der Waals surface area (Å²) in [5.41, 5.74) is 16.7. The molecule has 298 valence electrons. The molecule has 58 heavy (non-hydrogen) atoms. The quantitative estimate of drug-likeness (QED) is 0.179. The average Bonchev–Trinajstić information content (AvgIpc) is 3.20. The number of anilines is 3. The first-order valence-electron chi connectivity index (χ1n) is 22.8. The molecule has 0 aromatic heterocycles. The largest absolute Gasteiger partial charge is 0.310 e. The molecule has 0 amide bonds. The number of nitrogens with zero attached hydrogens (tertiary/aromatic N) is 1. The first kappa shape index (κ1) is 37.3. The van der Waals surface area contributed by atoms with Gasteiger partial charge in [-0.1, -0.05) is 122 Å². The van der Waals surface area contributed by atoms with E-state index in [-0.39, 0.29) is 27.1 Å². The van der Waals surface area contributed by atoms with Crippen molar-refractivity contribution in [1.82, 2.24) is 0 Å². The Morgan fingerprint density at radius 3 is 1.48 bits per heavy atom. The van der Waals surface area contributed by atoms with Gasteiger partial charge in [0.05, 0.1) is 0 Å². The Balaban J connectivity index is 1.07. The van der Waals surface area contributed by atoms with Crippen molar-refractivity contribution in [1.29, 1.82) is 0 Å². The lowest BCUT2D eigenvalue weighted by Gasteiger charge is -2.63. The van der Waals surface area contributed by atoms with Crippen molar-refractivity contribution in [2.45, 2.75) is 150 Å². The molecule has 2 heteroatoms. The molecule has 4 saturated carbocycles. The maximum Gasteiger partial charge on any atom is 0.0464 e. The van der Waals surface area contributed by atoms with Crippen LogP contribution in [0.25, 0.3) is 11.1 Å². The van der Waals surface area contributed by atoms with E-state index in [1.165, 1.54) is 118 Å². The molecule has 12 rings (SSSR count). The number of hydrogen-bond donors (Lipinski definition) is 0. The number of benzene rings is 5. The summed E-state index contributed by atoms with van der Waals surface area (Å²) in [6.45, 7) is 19.6. The van der Waals surface area contributed by atoms with Crippen LogP contribution in [0, 0.1) is 23.7 Å². The van der Waals surface area contributed by atoms with Gasteiger partial charge in [-0.05, 0) is 196 Å². The third-order valence-corrected chi connectivity index (χ3v) is 18.2. The van der Waals surface area contributed by atoms with Gasteiger partial charge in [-0.2, -0.15) is 0 Å². The zero-order valence-corrected chi connectivity index (χ0v) is 37.2. The zero-order valence-electron chi connectivity index (χ0n) is 36.3. The van der Waals surface area contributed by atoms with Crippen LogP contribution in [-0.4, -0.2) is 0 Å². The van der Waals surface area contributed by atoms with Crippen molar-refractivity contribution in [3.05, 3.63) is 137 Å². The van der Waals surface area contributed by atoms with Crippen LogP contribution in [0.2, 0.25) is 0 Å². The van der Waals surface area contributed by atoms with E-state index in [1.807, 2.05) is 11.8 Å². The second-order valence-corrected chi connectivity index (χ2v) is 23.4. The Hall–Kier alpha value is -3.75. The van der Waals surface area contributed by atoms with Gasteiger partial charge in [0.25, 0.3) is 0 Å². The maximum atomic E-state index is 2.57. The van der Waals surface area contributed by atoms with Crippen molar-refractivity contribution in [3.63, 3.8) is 0 Å². The van der Waals surface area contributed by atoms with Gasteiger partial charge in [-0.3, -0.25) is 0 Å². The summed E-state index contributed by atoms with van der Waals surface area (Å²) in [5.74, 6) is 3.32. The van der Waals surface area contributed by atoms with Gasteiger partial charge in [0.1, 0.15) is 0 Å². The molecular formula is C56H63NS. The molecule has 7 aliphatic rings. The summed E-state index contributed by atoms with van der Waals surface area (Å²) >= 11 is 2.03. The van der Waals surface area contributed by atoms with E-state index < -0.39 is 0 Å². The van der Waals surface area contributed by atoms with E-state index in [0.717, 1.165) is 23.7 Å². The van der Waals surface area contributed by atoms with Crippen LogP contribution in [-0.2, 0) is 27.1 Å². The Morgan fingerprint density at radius 1 is 0.448 bits per heavy atom. The van der Waals surface area contributed by atoms with E-state index in [2.05, 4.69) is 163 Å². The second-order valence-electron chi connectivity index (χ2n) is 22.3. The van der Waals surface area contributed by atoms with Crippen LogP contribution in [0.3, 0.4) is 0 Å². The van der Waals surface area contributed by atoms with Gasteiger partial charge in [-0.25, -0.2) is 0 Å². The lowest BCUT2D eigenvalue weighted by Crippen LogP contribution is -2.57. The van der Waals surface area contributed by atoms with Gasteiger partial charge < -0.3 is 4.90 Å². The highest BCUT2D eigenvalue weighted by atomic mass is 32.2. The van der Waals surface area contributed by atoms with Crippen molar-refractivity contribution < 1.29 is 0 Å². The topological polar surface area (TPSA) is 3.24 Å². The molecule has 6 aliphatic carbocycles. The van der Waals surface area contributed by atoms with Crippen LogP contribution in [0.5, 0.6) is 0 Å². The molecule has 4 fully saturated rings. The summed E-state index contributed by atoms with van der Waals surface area (Å²) < 4.78 is 0. The van der Waals surface area contributed by atoms with Gasteiger partial charge >= 0.3 is 0 Å². The van der Waals surface area contributed by atoms with Crippen LogP contribution in [0.1, 0.15) is 147 Å². The third kappa shape index (κ3) is 5.41. The molecule has 1 aliphatic heterocycles. The molecule has 0 saturated heterocycles. The van der Waals surface area contributed by atoms with Gasteiger partial charge in [-0.15, -0.1) is 0 Å². The predicted octanol–water partition coefficient (Wildman–Crippen LogP) is 15.7. The third-order valence-electron chi connectivity index (χ3n) is 17.0. The van der Waals surface area contributed by atoms with Crippen molar-refractivity contribution in [2.24, 2.45) is 23.7 Å². The van der Waals surface area contributed by atoms with Crippen LogP contribution in [0.4, 0.5) is 17.1 Å². The Morgan fingerprint density at radius 2 is 0.931 bits per heavy atom. The normalized spacial score (nSPS) is 28.6. The zero-order chi connectivity index (χ0) is 40.0. The Kier molecular flexibility index (Phi) is 8.12. The summed E-state index contributed by atoms with van der Waals surface area (Å²) in [7, 11) is 0. The maximum absolute atomic E-state index is 2.57. The van der Waals surface area contributed by atoms with E-state index in [0.29, 0.717) is 0 Å². The van der Waals surface area contributed by atoms with Crippen molar-refractivity contribution in [2.75, 3.05) is 4.90 Å². The van der Waals surface area contributed by atoms with E-state index in [1.54, 1.807) is 11.1 Å². The fraction of sp³-hybridized carbons (Fsp3) is 0.464. The molecule has 0 atom stereocenters. The lowest BCUT2D eigenvalue weighted by molar-refractivity contribution is -0.0441. The molecule has 5 aromatic carbocycles. The summed E-state index contributed by atoms with van der Waals surface area (Å²) in [6.07, 6.45) is 12.0. The van der Waals surface area contributed by atoms with Gasteiger partial charge in [0.2, 0.25) is 0 Å². The molecule has 1 nitrogen and oxygen atoms in total. The minimum absolute atomic E-state index is 0.110. The Bertz CT molecular complexity index is 2350. The van der Waals surface area contributed by atoms with E-state index in [9.17, 15) is 0 Å². The SMILES string of the molecule is CC1(C)CCC(C)(C)c2cc(N(c3ccc(-c4cccc5c4C4(c6ccccc6S5)C5CC6CC(C5)CC4C6)cc3)c3ccc4c(c3)C(C)(C)CCC4(C)C)ccc21. The highest BCUT2D eigenvalue weighted by molar-refractivity contribution is 7.99. The Labute approximate surface area is 353 Å². The van der Waals surface area contributed by atoms with Crippen LogP contribution >= 0.6 is 11.8 Å². The summed E-state index contributed by atoms with van der Waals surface area (Å²) in [5, 5.41) is 0. The molecule has 0 N–H and O–H groups in total. The minimum atomic E-state index is 0.110. The monoisotopic (exact) mass is 781 g/mol. The number of fused-ring (bicyclic) bond motifs is 4. The first-order valence-corrected chi connectivity index (χ1v) is 23.6. The fourth-order valence-electron chi connectivity index (χ4n) is 13.9. The fourth-order valence-corrected chi connectivity index (χ4v) is 15.1. The molecule has 4 bridgehead atoms. The standard InChI is InChI=1S/C56H63NS/c1-52(2)24-26-54(5,6)47-33-41(20-22-44(47)52)57(42-21-23-45-48(34-42)55(7,8)27-25-53(45,3)4)40-18-16-37(17-19-40)43-12-11-15-50-51(43)56(46-13-9-10-14-49(46)58-50)38-29-35-28-36(31-38)32-39(56)30-35/h9-23,33-36,38-39H,24-32H2,1-8H3.